The monoisotopic (exact) mass is 779 g/mol. The standard InChI is InChI=1S/C56H37N5/c1-6-18-38(19-7-1)43-28-16-30-45(34-43)54-57-55(46-31-17-29-44(35-46)39-20-8-2-9-21-39)59-56(58-54)47-32-33-49-48(36-47)37-50(40-22-10-3-11-23-40)61-53(49)51(41-24-12-4-13-25-41)52(60-61)42-26-14-5-15-27-42/h1-37H. The highest BCUT2D eigenvalue weighted by molar-refractivity contribution is 6.09. The van der Waals surface area contributed by atoms with Crippen LogP contribution in [0.15, 0.2) is 224 Å². The number of fused-ring (bicyclic) bond motifs is 3. The Labute approximate surface area is 354 Å². The summed E-state index contributed by atoms with van der Waals surface area (Å²) >= 11 is 0. The topological polar surface area (TPSA) is 56.0 Å². The number of benzene rings is 8. The van der Waals surface area contributed by atoms with Gasteiger partial charge in [0.25, 0.3) is 0 Å². The number of aromatic nitrogens is 5. The van der Waals surface area contributed by atoms with E-state index >= 15 is 0 Å². The molecule has 0 radical (unpaired) electrons. The van der Waals surface area contributed by atoms with Gasteiger partial charge < -0.3 is 0 Å². The zero-order chi connectivity index (χ0) is 40.5. The normalized spacial score (nSPS) is 11.3. The number of hydrogen-bond donors (Lipinski definition) is 0. The maximum Gasteiger partial charge on any atom is 0.164 e. The molecular weight excluding hydrogens is 743 g/mol. The molecule has 11 aromatic rings. The van der Waals surface area contributed by atoms with E-state index in [1.807, 2.05) is 18.2 Å². The third-order valence-electron chi connectivity index (χ3n) is 11.2. The summed E-state index contributed by atoms with van der Waals surface area (Å²) in [5, 5.41) is 7.54. The zero-order valence-corrected chi connectivity index (χ0v) is 33.1. The van der Waals surface area contributed by atoms with Gasteiger partial charge in [-0.1, -0.05) is 200 Å². The van der Waals surface area contributed by atoms with Gasteiger partial charge in [-0.2, -0.15) is 5.10 Å². The molecule has 5 nitrogen and oxygen atoms in total. The van der Waals surface area contributed by atoms with Crippen LogP contribution in [0.4, 0.5) is 0 Å². The molecule has 0 aliphatic heterocycles. The second-order valence-corrected chi connectivity index (χ2v) is 15.1. The van der Waals surface area contributed by atoms with E-state index < -0.39 is 0 Å². The van der Waals surface area contributed by atoms with Gasteiger partial charge >= 0.3 is 0 Å². The first kappa shape index (κ1) is 35.8. The van der Waals surface area contributed by atoms with Crippen molar-refractivity contribution in [1.29, 1.82) is 0 Å². The van der Waals surface area contributed by atoms with E-state index in [2.05, 4.69) is 211 Å². The van der Waals surface area contributed by atoms with Crippen LogP contribution >= 0.6 is 0 Å². The van der Waals surface area contributed by atoms with Crippen LogP contribution in [0.2, 0.25) is 0 Å². The lowest BCUT2D eigenvalue weighted by atomic mass is 9.96. The lowest BCUT2D eigenvalue weighted by Crippen LogP contribution is -2.01. The molecule has 0 aliphatic carbocycles. The van der Waals surface area contributed by atoms with Gasteiger partial charge in [-0.05, 0) is 57.5 Å². The quantitative estimate of drug-likeness (QED) is 0.154. The Hall–Kier alpha value is -8.28. The minimum Gasteiger partial charge on any atom is -0.231 e. The Morgan fingerprint density at radius 3 is 1.21 bits per heavy atom. The van der Waals surface area contributed by atoms with E-state index in [9.17, 15) is 0 Å². The number of rotatable bonds is 8. The Morgan fingerprint density at radius 2 is 0.705 bits per heavy atom. The van der Waals surface area contributed by atoms with E-state index in [4.69, 9.17) is 20.1 Å². The van der Waals surface area contributed by atoms with Crippen LogP contribution in [0, 0.1) is 0 Å². The number of pyridine rings is 1. The molecular formula is C56H37N5. The fourth-order valence-electron chi connectivity index (χ4n) is 8.28. The van der Waals surface area contributed by atoms with Crippen LogP contribution in [-0.4, -0.2) is 24.6 Å². The smallest absolute Gasteiger partial charge is 0.164 e. The molecule has 11 rings (SSSR count). The van der Waals surface area contributed by atoms with Gasteiger partial charge in [-0.15, -0.1) is 0 Å². The predicted molar refractivity (Wildman–Crippen MR) is 250 cm³/mol. The van der Waals surface area contributed by atoms with Crippen molar-refractivity contribution >= 4 is 16.3 Å². The average Bonchev–Trinajstić information content (AvgIpc) is 3.76. The molecule has 0 saturated heterocycles. The zero-order valence-electron chi connectivity index (χ0n) is 33.1. The molecule has 5 heteroatoms. The highest BCUT2D eigenvalue weighted by Gasteiger charge is 2.22. The maximum atomic E-state index is 5.40. The van der Waals surface area contributed by atoms with Crippen molar-refractivity contribution in [3.05, 3.63) is 224 Å². The second-order valence-electron chi connectivity index (χ2n) is 15.1. The molecule has 0 spiro atoms. The Kier molecular flexibility index (Phi) is 9.10. The first-order valence-electron chi connectivity index (χ1n) is 20.5. The van der Waals surface area contributed by atoms with Crippen molar-refractivity contribution in [1.82, 2.24) is 24.6 Å². The Bertz CT molecular complexity index is 3230. The molecule has 0 aliphatic rings. The van der Waals surface area contributed by atoms with Gasteiger partial charge in [-0.25, -0.2) is 19.5 Å². The van der Waals surface area contributed by atoms with Gasteiger partial charge in [0.2, 0.25) is 0 Å². The van der Waals surface area contributed by atoms with Crippen LogP contribution in [0.25, 0.3) is 106 Å². The molecule has 0 N–H and O–H groups in total. The molecule has 0 atom stereocenters. The summed E-state index contributed by atoms with van der Waals surface area (Å²) < 4.78 is 2.13. The van der Waals surface area contributed by atoms with Crippen LogP contribution < -0.4 is 0 Å². The van der Waals surface area contributed by atoms with Crippen molar-refractivity contribution in [2.45, 2.75) is 0 Å². The van der Waals surface area contributed by atoms with Gasteiger partial charge in [-0.3, -0.25) is 0 Å². The average molecular weight is 780 g/mol. The molecule has 3 heterocycles. The van der Waals surface area contributed by atoms with E-state index in [-0.39, 0.29) is 0 Å². The van der Waals surface area contributed by atoms with Crippen LogP contribution in [0.1, 0.15) is 0 Å². The first-order valence-corrected chi connectivity index (χ1v) is 20.5. The molecule has 3 aromatic heterocycles. The summed E-state index contributed by atoms with van der Waals surface area (Å²) in [6.07, 6.45) is 0. The maximum absolute atomic E-state index is 5.40. The lowest BCUT2D eigenvalue weighted by Gasteiger charge is -2.13. The van der Waals surface area contributed by atoms with Crippen molar-refractivity contribution in [3.63, 3.8) is 0 Å². The summed E-state index contributed by atoms with van der Waals surface area (Å²) in [6, 6.07) is 78.1. The van der Waals surface area contributed by atoms with Crippen LogP contribution in [0.5, 0.6) is 0 Å². The van der Waals surface area contributed by atoms with Crippen molar-refractivity contribution in [2.75, 3.05) is 0 Å². The van der Waals surface area contributed by atoms with Gasteiger partial charge in [0.1, 0.15) is 5.69 Å². The molecule has 0 bridgehead atoms. The molecule has 0 fully saturated rings. The molecule has 8 aromatic carbocycles. The van der Waals surface area contributed by atoms with Crippen LogP contribution in [-0.2, 0) is 0 Å². The second kappa shape index (κ2) is 15.5. The highest BCUT2D eigenvalue weighted by atomic mass is 15.2. The fourth-order valence-corrected chi connectivity index (χ4v) is 8.28. The van der Waals surface area contributed by atoms with E-state index in [0.717, 1.165) is 88.9 Å². The third-order valence-corrected chi connectivity index (χ3v) is 11.2. The first-order chi connectivity index (χ1) is 30.2. The van der Waals surface area contributed by atoms with E-state index in [1.165, 1.54) is 0 Å². The van der Waals surface area contributed by atoms with E-state index in [0.29, 0.717) is 17.5 Å². The SMILES string of the molecule is c1ccc(-c2cccc(-c3nc(-c4cccc(-c5ccccc5)c4)nc(-c4ccc5c(c4)cc(-c4ccccc4)n4nc(-c6ccccc6)c(-c6ccccc6)c54)n3)c2)cc1. The number of hydrogen-bond acceptors (Lipinski definition) is 4. The van der Waals surface area contributed by atoms with Gasteiger partial charge in [0, 0.05) is 38.8 Å². The highest BCUT2D eigenvalue weighted by Crippen LogP contribution is 2.42. The predicted octanol–water partition coefficient (Wildman–Crippen LogP) is 14.0. The molecule has 0 amide bonds. The van der Waals surface area contributed by atoms with Crippen molar-refractivity contribution < 1.29 is 0 Å². The summed E-state index contributed by atoms with van der Waals surface area (Å²) in [7, 11) is 0. The van der Waals surface area contributed by atoms with Gasteiger partial charge in [0.15, 0.2) is 17.5 Å². The summed E-state index contributed by atoms with van der Waals surface area (Å²) in [6.45, 7) is 0. The van der Waals surface area contributed by atoms with Crippen LogP contribution in [0.3, 0.4) is 0 Å². The van der Waals surface area contributed by atoms with Gasteiger partial charge in [0.05, 0.1) is 11.2 Å². The molecule has 0 unspecified atom stereocenters. The summed E-state index contributed by atoms with van der Waals surface area (Å²) in [5.74, 6) is 1.82. The molecule has 286 valence electrons. The summed E-state index contributed by atoms with van der Waals surface area (Å²) in [5.41, 5.74) is 14.5. The molecule has 61 heavy (non-hydrogen) atoms. The number of nitrogens with zero attached hydrogens (tertiary/aromatic N) is 5. The third kappa shape index (κ3) is 6.84. The summed E-state index contributed by atoms with van der Waals surface area (Å²) in [4.78, 5) is 15.6. The largest absolute Gasteiger partial charge is 0.231 e. The van der Waals surface area contributed by atoms with Crippen molar-refractivity contribution in [2.24, 2.45) is 0 Å². The minimum atomic E-state index is 0.597. The Morgan fingerprint density at radius 1 is 0.295 bits per heavy atom. The van der Waals surface area contributed by atoms with E-state index in [1.54, 1.807) is 0 Å². The fraction of sp³-hybridized carbons (Fsp3) is 0. The lowest BCUT2D eigenvalue weighted by molar-refractivity contribution is 0.979. The minimum absolute atomic E-state index is 0.597. The van der Waals surface area contributed by atoms with Crippen molar-refractivity contribution in [3.8, 4) is 90.1 Å². The molecule has 0 saturated carbocycles. The Balaban J connectivity index is 1.15.